The largest absolute Gasteiger partial charge is 0.478 e. The molecule has 1 amide bonds. The molecule has 0 radical (unpaired) electrons. The summed E-state index contributed by atoms with van der Waals surface area (Å²) in [5.74, 6) is -1.10. The zero-order chi connectivity index (χ0) is 15.6. The first-order valence-corrected chi connectivity index (χ1v) is 6.58. The van der Waals surface area contributed by atoms with Gasteiger partial charge in [-0.15, -0.1) is 0 Å². The average Bonchev–Trinajstić information content (AvgIpc) is 2.44. The SMILES string of the molecule is Cc1cc(C)cc(C(=O)N(C)c2ccc(C(=O)O)cc2)c1. The van der Waals surface area contributed by atoms with Gasteiger partial charge in [-0.1, -0.05) is 17.2 Å². The number of anilines is 1. The van der Waals surface area contributed by atoms with Crippen LogP contribution in [0.15, 0.2) is 42.5 Å². The average molecular weight is 283 g/mol. The summed E-state index contributed by atoms with van der Waals surface area (Å²) in [7, 11) is 1.68. The Hall–Kier alpha value is -2.62. The molecular formula is C17H17NO3. The molecule has 0 fully saturated rings. The number of rotatable bonds is 3. The number of hydrogen-bond donors (Lipinski definition) is 1. The van der Waals surface area contributed by atoms with Crippen molar-refractivity contribution in [2.75, 3.05) is 11.9 Å². The molecule has 0 aliphatic carbocycles. The predicted molar refractivity (Wildman–Crippen MR) is 82.1 cm³/mol. The van der Waals surface area contributed by atoms with Crippen molar-refractivity contribution in [3.8, 4) is 0 Å². The van der Waals surface area contributed by atoms with Crippen LogP contribution in [0.4, 0.5) is 5.69 Å². The Morgan fingerprint density at radius 3 is 1.90 bits per heavy atom. The van der Waals surface area contributed by atoms with Gasteiger partial charge in [-0.3, -0.25) is 4.79 Å². The van der Waals surface area contributed by atoms with E-state index in [0.717, 1.165) is 11.1 Å². The third-order valence-electron chi connectivity index (χ3n) is 3.27. The molecule has 0 aromatic heterocycles. The van der Waals surface area contributed by atoms with Crippen molar-refractivity contribution in [1.82, 2.24) is 0 Å². The Kier molecular flexibility index (Phi) is 4.08. The Morgan fingerprint density at radius 1 is 0.905 bits per heavy atom. The fraction of sp³-hybridized carbons (Fsp3) is 0.176. The maximum absolute atomic E-state index is 12.5. The smallest absolute Gasteiger partial charge is 0.335 e. The molecule has 0 aliphatic rings. The normalized spacial score (nSPS) is 10.2. The van der Waals surface area contributed by atoms with Crippen molar-refractivity contribution in [3.05, 3.63) is 64.7 Å². The highest BCUT2D eigenvalue weighted by Gasteiger charge is 2.14. The summed E-state index contributed by atoms with van der Waals surface area (Å²) >= 11 is 0. The van der Waals surface area contributed by atoms with E-state index in [1.807, 2.05) is 32.0 Å². The van der Waals surface area contributed by atoms with Crippen molar-refractivity contribution in [1.29, 1.82) is 0 Å². The van der Waals surface area contributed by atoms with E-state index in [1.165, 1.54) is 17.0 Å². The fourth-order valence-electron chi connectivity index (χ4n) is 2.24. The van der Waals surface area contributed by atoms with Crippen LogP contribution in [0.25, 0.3) is 0 Å². The molecular weight excluding hydrogens is 266 g/mol. The molecule has 2 rings (SSSR count). The first kappa shape index (κ1) is 14.8. The molecule has 2 aromatic rings. The summed E-state index contributed by atoms with van der Waals surface area (Å²) in [4.78, 5) is 24.8. The molecule has 108 valence electrons. The topological polar surface area (TPSA) is 57.6 Å². The summed E-state index contributed by atoms with van der Waals surface area (Å²) in [6, 6.07) is 11.9. The molecule has 0 aliphatic heterocycles. The maximum atomic E-state index is 12.5. The van der Waals surface area contributed by atoms with E-state index in [0.29, 0.717) is 11.3 Å². The van der Waals surface area contributed by atoms with Crippen LogP contribution in [0.5, 0.6) is 0 Å². The van der Waals surface area contributed by atoms with Crippen molar-refractivity contribution in [3.63, 3.8) is 0 Å². The fourth-order valence-corrected chi connectivity index (χ4v) is 2.24. The van der Waals surface area contributed by atoms with E-state index >= 15 is 0 Å². The third kappa shape index (κ3) is 3.28. The van der Waals surface area contributed by atoms with Gasteiger partial charge in [0.1, 0.15) is 0 Å². The number of nitrogens with zero attached hydrogens (tertiary/aromatic N) is 1. The minimum absolute atomic E-state index is 0.120. The molecule has 0 heterocycles. The van der Waals surface area contributed by atoms with E-state index in [2.05, 4.69) is 0 Å². The molecule has 1 N–H and O–H groups in total. The van der Waals surface area contributed by atoms with Crippen LogP contribution in [0.2, 0.25) is 0 Å². The summed E-state index contributed by atoms with van der Waals surface area (Å²) in [5, 5.41) is 8.88. The van der Waals surface area contributed by atoms with Crippen LogP contribution in [0, 0.1) is 13.8 Å². The number of benzene rings is 2. The van der Waals surface area contributed by atoms with Crippen molar-refractivity contribution < 1.29 is 14.7 Å². The number of carboxylic acid groups (broad SMARTS) is 1. The molecule has 4 nitrogen and oxygen atoms in total. The maximum Gasteiger partial charge on any atom is 0.335 e. The van der Waals surface area contributed by atoms with Gasteiger partial charge in [-0.25, -0.2) is 4.79 Å². The van der Waals surface area contributed by atoms with Crippen LogP contribution < -0.4 is 4.90 Å². The zero-order valence-corrected chi connectivity index (χ0v) is 12.3. The number of carbonyl (C=O) groups excluding carboxylic acids is 1. The van der Waals surface area contributed by atoms with E-state index in [-0.39, 0.29) is 11.5 Å². The second-order valence-electron chi connectivity index (χ2n) is 5.09. The quantitative estimate of drug-likeness (QED) is 0.940. The Labute approximate surface area is 123 Å². The first-order chi connectivity index (χ1) is 9.88. The Balaban J connectivity index is 2.28. The third-order valence-corrected chi connectivity index (χ3v) is 3.27. The van der Waals surface area contributed by atoms with Gasteiger partial charge in [-0.05, 0) is 50.2 Å². The van der Waals surface area contributed by atoms with Gasteiger partial charge >= 0.3 is 5.97 Å². The second kappa shape index (κ2) is 5.79. The number of hydrogen-bond acceptors (Lipinski definition) is 2. The summed E-state index contributed by atoms with van der Waals surface area (Å²) in [6.45, 7) is 3.90. The molecule has 0 saturated heterocycles. The second-order valence-corrected chi connectivity index (χ2v) is 5.09. The van der Waals surface area contributed by atoms with Gasteiger partial charge in [0.15, 0.2) is 0 Å². The van der Waals surface area contributed by atoms with Gasteiger partial charge in [-0.2, -0.15) is 0 Å². The van der Waals surface area contributed by atoms with Crippen LogP contribution >= 0.6 is 0 Å². The lowest BCUT2D eigenvalue weighted by atomic mass is 10.1. The lowest BCUT2D eigenvalue weighted by Crippen LogP contribution is -2.26. The summed E-state index contributed by atoms with van der Waals surface area (Å²) in [5.41, 5.74) is 3.55. The zero-order valence-electron chi connectivity index (χ0n) is 12.3. The van der Waals surface area contributed by atoms with Crippen LogP contribution in [0.3, 0.4) is 0 Å². The minimum atomic E-state index is -0.982. The molecule has 0 spiro atoms. The Morgan fingerprint density at radius 2 is 1.43 bits per heavy atom. The highest BCUT2D eigenvalue weighted by atomic mass is 16.4. The molecule has 0 saturated carbocycles. The standard InChI is InChI=1S/C17H17NO3/c1-11-8-12(2)10-14(9-11)16(19)18(3)15-6-4-13(5-7-15)17(20)21/h4-10H,1-3H3,(H,20,21). The molecule has 21 heavy (non-hydrogen) atoms. The van der Waals surface area contributed by atoms with Crippen molar-refractivity contribution in [2.24, 2.45) is 0 Å². The number of carbonyl (C=O) groups is 2. The predicted octanol–water partition coefficient (Wildman–Crippen LogP) is 3.28. The van der Waals surface area contributed by atoms with Gasteiger partial charge in [0.2, 0.25) is 0 Å². The number of carboxylic acids is 1. The van der Waals surface area contributed by atoms with E-state index < -0.39 is 5.97 Å². The summed E-state index contributed by atoms with van der Waals surface area (Å²) in [6.07, 6.45) is 0. The van der Waals surface area contributed by atoms with Gasteiger partial charge in [0, 0.05) is 18.3 Å². The highest BCUT2D eigenvalue weighted by molar-refractivity contribution is 6.06. The van der Waals surface area contributed by atoms with Crippen LogP contribution in [0.1, 0.15) is 31.8 Å². The van der Waals surface area contributed by atoms with E-state index in [4.69, 9.17) is 5.11 Å². The van der Waals surface area contributed by atoms with Crippen LogP contribution in [-0.2, 0) is 0 Å². The summed E-state index contributed by atoms with van der Waals surface area (Å²) < 4.78 is 0. The molecule has 0 atom stereocenters. The number of aromatic carboxylic acids is 1. The molecule has 0 unspecified atom stereocenters. The molecule has 2 aromatic carbocycles. The van der Waals surface area contributed by atoms with E-state index in [1.54, 1.807) is 19.2 Å². The first-order valence-electron chi connectivity index (χ1n) is 6.58. The molecule has 4 heteroatoms. The minimum Gasteiger partial charge on any atom is -0.478 e. The van der Waals surface area contributed by atoms with Gasteiger partial charge in [0.05, 0.1) is 5.56 Å². The monoisotopic (exact) mass is 283 g/mol. The van der Waals surface area contributed by atoms with Crippen LogP contribution in [-0.4, -0.2) is 24.0 Å². The number of aryl methyl sites for hydroxylation is 2. The van der Waals surface area contributed by atoms with E-state index in [9.17, 15) is 9.59 Å². The highest BCUT2D eigenvalue weighted by Crippen LogP contribution is 2.18. The van der Waals surface area contributed by atoms with Gasteiger partial charge < -0.3 is 10.0 Å². The van der Waals surface area contributed by atoms with Gasteiger partial charge in [0.25, 0.3) is 5.91 Å². The lowest BCUT2D eigenvalue weighted by Gasteiger charge is -2.18. The molecule has 0 bridgehead atoms. The lowest BCUT2D eigenvalue weighted by molar-refractivity contribution is 0.0696. The van der Waals surface area contributed by atoms with Crippen molar-refractivity contribution in [2.45, 2.75) is 13.8 Å². The Bertz CT molecular complexity index is 669. The van der Waals surface area contributed by atoms with Crippen molar-refractivity contribution >= 4 is 17.6 Å². The number of amides is 1.